The Bertz CT molecular complexity index is 1700. The van der Waals surface area contributed by atoms with Gasteiger partial charge in [0.2, 0.25) is 11.8 Å². The molecule has 1 unspecified atom stereocenters. The molecule has 4 aromatic carbocycles. The number of aryl methyl sites for hydroxylation is 2. The fourth-order valence-electron chi connectivity index (χ4n) is 4.78. The van der Waals surface area contributed by atoms with Gasteiger partial charge in [0.05, 0.1) is 10.6 Å². The first-order chi connectivity index (χ1) is 21.0. The van der Waals surface area contributed by atoms with Gasteiger partial charge in [0, 0.05) is 29.6 Å². The number of nitrogens with zero attached hydrogens (tertiary/aromatic N) is 2. The summed E-state index contributed by atoms with van der Waals surface area (Å²) in [6.07, 6.45) is 0.236. The highest BCUT2D eigenvalue weighted by molar-refractivity contribution is 7.92. The highest BCUT2D eigenvalue weighted by Crippen LogP contribution is 2.28. The van der Waals surface area contributed by atoms with E-state index in [9.17, 15) is 18.0 Å². The fourth-order valence-corrected chi connectivity index (χ4v) is 6.43. The van der Waals surface area contributed by atoms with E-state index in [4.69, 9.17) is 23.2 Å². The average molecular weight is 653 g/mol. The van der Waals surface area contributed by atoms with Gasteiger partial charge < -0.3 is 10.2 Å². The third-order valence-electron chi connectivity index (χ3n) is 7.35. The van der Waals surface area contributed by atoms with Crippen molar-refractivity contribution in [3.8, 4) is 0 Å². The normalized spacial score (nSPS) is 11.9. The molecular formula is C34H35Cl2N3O4S. The van der Waals surface area contributed by atoms with Crippen molar-refractivity contribution in [1.29, 1.82) is 0 Å². The molecule has 1 N–H and O–H groups in total. The van der Waals surface area contributed by atoms with Gasteiger partial charge in [-0.2, -0.15) is 0 Å². The summed E-state index contributed by atoms with van der Waals surface area (Å²) in [5.74, 6) is -0.875. The van der Waals surface area contributed by atoms with Crippen LogP contribution in [0.3, 0.4) is 0 Å². The Kier molecular flexibility index (Phi) is 11.1. The van der Waals surface area contributed by atoms with Crippen molar-refractivity contribution in [2.75, 3.05) is 17.4 Å². The van der Waals surface area contributed by atoms with Crippen molar-refractivity contribution in [1.82, 2.24) is 10.2 Å². The lowest BCUT2D eigenvalue weighted by atomic mass is 10.0. The molecule has 10 heteroatoms. The summed E-state index contributed by atoms with van der Waals surface area (Å²) >= 11 is 12.2. The minimum atomic E-state index is -4.21. The number of carbonyl (C=O) groups excluding carboxylic acids is 2. The van der Waals surface area contributed by atoms with E-state index in [1.54, 1.807) is 36.4 Å². The maximum Gasteiger partial charge on any atom is 0.264 e. The highest BCUT2D eigenvalue weighted by Gasteiger charge is 2.34. The number of benzene rings is 4. The Morgan fingerprint density at radius 3 is 2.00 bits per heavy atom. The average Bonchev–Trinajstić information content (AvgIpc) is 3.00. The summed E-state index contributed by atoms with van der Waals surface area (Å²) in [5, 5.41) is 3.78. The van der Waals surface area contributed by atoms with E-state index >= 15 is 0 Å². The molecule has 4 aromatic rings. The third kappa shape index (κ3) is 8.20. The number of hydrogen-bond acceptors (Lipinski definition) is 4. The fraction of sp³-hybridized carbons (Fsp3) is 0.235. The van der Waals surface area contributed by atoms with Gasteiger partial charge in [-0.1, -0.05) is 71.7 Å². The van der Waals surface area contributed by atoms with Crippen molar-refractivity contribution in [3.63, 3.8) is 0 Å². The van der Waals surface area contributed by atoms with Crippen LogP contribution in [0.5, 0.6) is 0 Å². The van der Waals surface area contributed by atoms with Gasteiger partial charge in [0.15, 0.2) is 0 Å². The molecule has 0 saturated heterocycles. The zero-order chi connectivity index (χ0) is 31.9. The van der Waals surface area contributed by atoms with Crippen molar-refractivity contribution >= 4 is 50.7 Å². The first-order valence-corrected chi connectivity index (χ1v) is 16.4. The molecule has 7 nitrogen and oxygen atoms in total. The summed E-state index contributed by atoms with van der Waals surface area (Å²) in [6, 6.07) is 26.5. The topological polar surface area (TPSA) is 86.8 Å². The van der Waals surface area contributed by atoms with Gasteiger partial charge in [-0.15, -0.1) is 0 Å². The van der Waals surface area contributed by atoms with Crippen LogP contribution >= 0.6 is 23.2 Å². The predicted octanol–water partition coefficient (Wildman–Crippen LogP) is 6.58. The molecule has 0 aliphatic rings. The molecule has 1 atom stereocenters. The molecule has 0 aromatic heterocycles. The predicted molar refractivity (Wildman–Crippen MR) is 177 cm³/mol. The van der Waals surface area contributed by atoms with E-state index in [0.717, 1.165) is 26.6 Å². The zero-order valence-electron chi connectivity index (χ0n) is 24.8. The number of carbonyl (C=O) groups is 2. The molecule has 0 radical (unpaired) electrons. The number of sulfonamides is 1. The summed E-state index contributed by atoms with van der Waals surface area (Å²) in [6.45, 7) is 5.51. The van der Waals surface area contributed by atoms with E-state index in [0.29, 0.717) is 22.3 Å². The van der Waals surface area contributed by atoms with Crippen molar-refractivity contribution in [2.24, 2.45) is 0 Å². The van der Waals surface area contributed by atoms with Gasteiger partial charge in [0.1, 0.15) is 12.6 Å². The van der Waals surface area contributed by atoms with Crippen LogP contribution in [0.2, 0.25) is 10.0 Å². The smallest absolute Gasteiger partial charge is 0.264 e. The minimum Gasteiger partial charge on any atom is -0.355 e. The molecule has 44 heavy (non-hydrogen) atoms. The lowest BCUT2D eigenvalue weighted by molar-refractivity contribution is -0.140. The van der Waals surface area contributed by atoms with Crippen LogP contribution in [-0.2, 0) is 32.6 Å². The number of amides is 2. The summed E-state index contributed by atoms with van der Waals surface area (Å²) in [5.41, 5.74) is 3.78. The van der Waals surface area contributed by atoms with Crippen LogP contribution in [0.4, 0.5) is 5.69 Å². The first kappa shape index (κ1) is 33.1. The Labute approximate surface area is 269 Å². The SMILES string of the molecule is CCNC(=O)C(Cc1ccccc1)N(Cc1ccc(Cl)cc1)C(=O)CN(c1ccc(C)c(C)c1)S(=O)(=O)c1ccc(Cl)cc1. The van der Waals surface area contributed by atoms with Gasteiger partial charge in [0.25, 0.3) is 10.0 Å². The number of halogens is 2. The first-order valence-electron chi connectivity index (χ1n) is 14.2. The van der Waals surface area contributed by atoms with Gasteiger partial charge >= 0.3 is 0 Å². The summed E-state index contributed by atoms with van der Waals surface area (Å²) < 4.78 is 29.3. The van der Waals surface area contributed by atoms with Crippen LogP contribution in [-0.4, -0.2) is 44.3 Å². The Morgan fingerprint density at radius 1 is 0.795 bits per heavy atom. The van der Waals surface area contributed by atoms with Gasteiger partial charge in [-0.3, -0.25) is 13.9 Å². The summed E-state index contributed by atoms with van der Waals surface area (Å²) in [7, 11) is -4.21. The van der Waals surface area contributed by atoms with E-state index in [2.05, 4.69) is 5.32 Å². The molecule has 0 saturated carbocycles. The molecule has 230 valence electrons. The Morgan fingerprint density at radius 2 is 1.41 bits per heavy atom. The van der Waals surface area contributed by atoms with E-state index < -0.39 is 28.5 Å². The van der Waals surface area contributed by atoms with Crippen LogP contribution in [0.25, 0.3) is 0 Å². The standard InChI is InChI=1S/C34H35Cl2N3O4S/c1-4-37-34(41)32(21-26-8-6-5-7-9-26)38(22-27-11-13-28(35)14-12-27)33(40)23-39(30-17-10-24(2)25(3)20-30)44(42,43)31-18-15-29(36)16-19-31/h5-20,32H,4,21-23H2,1-3H3,(H,37,41). The van der Waals surface area contributed by atoms with Crippen molar-refractivity contribution < 1.29 is 18.0 Å². The van der Waals surface area contributed by atoms with Gasteiger partial charge in [-0.25, -0.2) is 8.42 Å². The van der Waals surface area contributed by atoms with Crippen LogP contribution in [0.15, 0.2) is 102 Å². The zero-order valence-corrected chi connectivity index (χ0v) is 27.2. The molecule has 0 fully saturated rings. The second kappa shape index (κ2) is 14.8. The second-order valence-electron chi connectivity index (χ2n) is 10.5. The third-order valence-corrected chi connectivity index (χ3v) is 9.64. The number of nitrogens with one attached hydrogen (secondary N) is 1. The quantitative estimate of drug-likeness (QED) is 0.187. The van der Waals surface area contributed by atoms with Crippen molar-refractivity contribution in [3.05, 3.63) is 129 Å². The second-order valence-corrected chi connectivity index (χ2v) is 13.2. The molecule has 0 aliphatic heterocycles. The molecule has 0 spiro atoms. The lowest BCUT2D eigenvalue weighted by Gasteiger charge is -2.34. The van der Waals surface area contributed by atoms with E-state index in [-0.39, 0.29) is 23.8 Å². The lowest BCUT2D eigenvalue weighted by Crippen LogP contribution is -2.53. The number of hydrogen-bond donors (Lipinski definition) is 1. The largest absolute Gasteiger partial charge is 0.355 e. The van der Waals surface area contributed by atoms with Crippen LogP contribution in [0.1, 0.15) is 29.2 Å². The maximum atomic E-state index is 14.4. The Hall–Kier alpha value is -3.85. The summed E-state index contributed by atoms with van der Waals surface area (Å²) in [4.78, 5) is 29.4. The highest BCUT2D eigenvalue weighted by atomic mass is 35.5. The van der Waals surface area contributed by atoms with E-state index in [1.165, 1.54) is 29.2 Å². The number of likely N-dealkylation sites (N-methyl/N-ethyl adjacent to an activating group) is 1. The molecule has 0 aliphatic carbocycles. The molecule has 2 amide bonds. The number of anilines is 1. The molecular weight excluding hydrogens is 617 g/mol. The molecule has 4 rings (SSSR count). The monoisotopic (exact) mass is 651 g/mol. The van der Waals surface area contributed by atoms with Crippen LogP contribution in [0, 0.1) is 13.8 Å². The minimum absolute atomic E-state index is 0.0123. The van der Waals surface area contributed by atoms with Crippen molar-refractivity contribution in [2.45, 2.75) is 44.7 Å². The van der Waals surface area contributed by atoms with E-state index in [1.807, 2.05) is 57.2 Å². The van der Waals surface area contributed by atoms with Crippen LogP contribution < -0.4 is 9.62 Å². The molecule has 0 bridgehead atoms. The van der Waals surface area contributed by atoms with Gasteiger partial charge in [-0.05, 0) is 91.6 Å². The Balaban J connectivity index is 1.81. The molecule has 0 heterocycles. The number of rotatable bonds is 12. The maximum absolute atomic E-state index is 14.4.